The fraction of sp³-hybridized carbons (Fsp3) is 0.455. The van der Waals surface area contributed by atoms with E-state index in [1.54, 1.807) is 13.8 Å². The van der Waals surface area contributed by atoms with Crippen molar-refractivity contribution in [2.24, 2.45) is 0 Å². The van der Waals surface area contributed by atoms with E-state index in [-0.39, 0.29) is 10.1 Å². The molecule has 0 radical (unpaired) electrons. The van der Waals surface area contributed by atoms with Gasteiger partial charge in [-0.25, -0.2) is 4.39 Å². The number of aliphatic hydroxyl groups is 1. The van der Waals surface area contributed by atoms with E-state index in [2.05, 4.69) is 0 Å². The van der Waals surface area contributed by atoms with E-state index in [1.807, 2.05) is 0 Å². The molecule has 1 aromatic rings. The van der Waals surface area contributed by atoms with Crippen molar-refractivity contribution < 1.29 is 22.7 Å². The quantitative estimate of drug-likeness (QED) is 0.666. The number of hydrogen-bond donors (Lipinski definition) is 1. The van der Waals surface area contributed by atoms with Gasteiger partial charge >= 0.3 is 6.18 Å². The molecule has 0 amide bonds. The second-order valence-electron chi connectivity index (χ2n) is 3.71. The predicted octanol–water partition coefficient (Wildman–Crippen LogP) is 3.71. The van der Waals surface area contributed by atoms with Gasteiger partial charge in [-0.1, -0.05) is 6.92 Å². The van der Waals surface area contributed by atoms with Crippen molar-refractivity contribution in [3.8, 4) is 0 Å². The zero-order valence-electron chi connectivity index (χ0n) is 9.25. The van der Waals surface area contributed by atoms with Gasteiger partial charge in [0.05, 0.1) is 11.7 Å². The molecular weight excluding hydrogens is 256 g/mol. The van der Waals surface area contributed by atoms with Crippen molar-refractivity contribution in [3.63, 3.8) is 0 Å². The Morgan fingerprint density at radius 1 is 1.24 bits per heavy atom. The van der Waals surface area contributed by atoms with Crippen LogP contribution in [0.2, 0.25) is 0 Å². The molecule has 0 aromatic heterocycles. The average Bonchev–Trinajstić information content (AvgIpc) is 2.19. The summed E-state index contributed by atoms with van der Waals surface area (Å²) in [7, 11) is 0. The molecule has 0 saturated heterocycles. The SMILES string of the molecule is CC(O)C(C)Sc1ccc(C(F)(F)F)cc1F. The number of thioether (sulfide) groups is 1. The van der Waals surface area contributed by atoms with Gasteiger partial charge in [0.15, 0.2) is 0 Å². The Morgan fingerprint density at radius 3 is 2.24 bits per heavy atom. The van der Waals surface area contributed by atoms with E-state index in [0.717, 1.165) is 23.9 Å². The van der Waals surface area contributed by atoms with Gasteiger partial charge in [0.1, 0.15) is 5.82 Å². The van der Waals surface area contributed by atoms with Crippen LogP contribution in [0.15, 0.2) is 23.1 Å². The molecule has 2 atom stereocenters. The highest BCUT2D eigenvalue weighted by Gasteiger charge is 2.31. The summed E-state index contributed by atoms with van der Waals surface area (Å²) in [5, 5.41) is 8.94. The first-order chi connectivity index (χ1) is 7.71. The fourth-order valence-electron chi connectivity index (χ4n) is 1.07. The smallest absolute Gasteiger partial charge is 0.392 e. The lowest BCUT2D eigenvalue weighted by Crippen LogP contribution is -2.15. The number of benzene rings is 1. The van der Waals surface area contributed by atoms with Gasteiger partial charge in [0, 0.05) is 10.1 Å². The van der Waals surface area contributed by atoms with Crippen molar-refractivity contribution in [3.05, 3.63) is 29.6 Å². The maximum Gasteiger partial charge on any atom is 0.416 e. The summed E-state index contributed by atoms with van der Waals surface area (Å²) in [6.45, 7) is 3.21. The molecule has 0 saturated carbocycles. The molecule has 0 heterocycles. The molecule has 1 nitrogen and oxygen atoms in total. The van der Waals surface area contributed by atoms with Crippen molar-refractivity contribution in [2.45, 2.75) is 36.3 Å². The van der Waals surface area contributed by atoms with Crippen molar-refractivity contribution in [1.29, 1.82) is 0 Å². The van der Waals surface area contributed by atoms with Gasteiger partial charge < -0.3 is 5.11 Å². The summed E-state index contributed by atoms with van der Waals surface area (Å²) >= 11 is 1.01. The maximum absolute atomic E-state index is 13.4. The van der Waals surface area contributed by atoms with Crippen molar-refractivity contribution >= 4 is 11.8 Å². The van der Waals surface area contributed by atoms with Crippen LogP contribution in [-0.4, -0.2) is 16.5 Å². The first kappa shape index (κ1) is 14.3. The normalized spacial score (nSPS) is 15.7. The number of aliphatic hydroxyl groups excluding tert-OH is 1. The Balaban J connectivity index is 2.91. The molecule has 17 heavy (non-hydrogen) atoms. The number of hydrogen-bond acceptors (Lipinski definition) is 2. The third kappa shape index (κ3) is 3.89. The van der Waals surface area contributed by atoms with Gasteiger partial charge in [-0.3, -0.25) is 0 Å². The molecule has 0 fully saturated rings. The molecule has 0 spiro atoms. The van der Waals surface area contributed by atoms with E-state index >= 15 is 0 Å². The first-order valence-corrected chi connectivity index (χ1v) is 5.81. The fourth-order valence-corrected chi connectivity index (χ4v) is 1.99. The highest BCUT2D eigenvalue weighted by atomic mass is 32.2. The van der Waals surface area contributed by atoms with E-state index in [9.17, 15) is 22.7 Å². The molecule has 0 aliphatic carbocycles. The summed E-state index contributed by atoms with van der Waals surface area (Å²) in [6, 6.07) is 2.39. The van der Waals surface area contributed by atoms with Crippen LogP contribution in [0.3, 0.4) is 0 Å². The average molecular weight is 268 g/mol. The van der Waals surface area contributed by atoms with Crippen LogP contribution in [0.5, 0.6) is 0 Å². The van der Waals surface area contributed by atoms with Gasteiger partial charge in [-0.2, -0.15) is 13.2 Å². The van der Waals surface area contributed by atoms with Crippen LogP contribution in [0, 0.1) is 5.82 Å². The third-order valence-corrected chi connectivity index (χ3v) is 3.60. The monoisotopic (exact) mass is 268 g/mol. The van der Waals surface area contributed by atoms with E-state index < -0.39 is 23.7 Å². The number of halogens is 4. The maximum atomic E-state index is 13.4. The zero-order valence-corrected chi connectivity index (χ0v) is 10.1. The molecule has 0 aliphatic rings. The minimum absolute atomic E-state index is 0.103. The van der Waals surface area contributed by atoms with Crippen molar-refractivity contribution in [2.75, 3.05) is 0 Å². The molecule has 1 N–H and O–H groups in total. The van der Waals surface area contributed by atoms with Crippen LogP contribution in [0.1, 0.15) is 19.4 Å². The van der Waals surface area contributed by atoms with E-state index in [1.165, 1.54) is 0 Å². The van der Waals surface area contributed by atoms with Crippen LogP contribution < -0.4 is 0 Å². The summed E-state index contributed by atoms with van der Waals surface area (Å²) in [6.07, 6.45) is -5.21. The lowest BCUT2D eigenvalue weighted by atomic mass is 10.2. The predicted molar refractivity (Wildman–Crippen MR) is 58.4 cm³/mol. The molecule has 2 unspecified atom stereocenters. The Kier molecular flexibility index (Phi) is 4.43. The standard InChI is InChI=1S/C11H12F4OS/c1-6(16)7(2)17-10-4-3-8(5-9(10)12)11(13,14)15/h3-7,16H,1-2H3. The van der Waals surface area contributed by atoms with Crippen molar-refractivity contribution in [1.82, 2.24) is 0 Å². The zero-order chi connectivity index (χ0) is 13.2. The van der Waals surface area contributed by atoms with Gasteiger partial charge in [-0.05, 0) is 25.1 Å². The van der Waals surface area contributed by atoms with Crippen LogP contribution in [-0.2, 0) is 6.18 Å². The topological polar surface area (TPSA) is 20.2 Å². The van der Waals surface area contributed by atoms with Gasteiger partial charge in [-0.15, -0.1) is 11.8 Å². The summed E-state index contributed by atoms with van der Waals surface area (Å²) in [4.78, 5) is 0.103. The highest BCUT2D eigenvalue weighted by Crippen LogP contribution is 2.34. The van der Waals surface area contributed by atoms with Crippen LogP contribution >= 0.6 is 11.8 Å². The summed E-state index contributed by atoms with van der Waals surface area (Å²) in [5.74, 6) is -0.919. The molecule has 96 valence electrons. The number of alkyl halides is 3. The Labute approximate surface area is 101 Å². The lowest BCUT2D eigenvalue weighted by Gasteiger charge is -2.15. The Morgan fingerprint density at radius 2 is 1.82 bits per heavy atom. The number of rotatable bonds is 3. The van der Waals surface area contributed by atoms with E-state index in [0.29, 0.717) is 6.07 Å². The van der Waals surface area contributed by atoms with E-state index in [4.69, 9.17) is 0 Å². The Bertz CT molecular complexity index is 390. The highest BCUT2D eigenvalue weighted by molar-refractivity contribution is 8.00. The molecule has 0 bridgehead atoms. The van der Waals surface area contributed by atoms with Gasteiger partial charge in [0.25, 0.3) is 0 Å². The lowest BCUT2D eigenvalue weighted by molar-refractivity contribution is -0.137. The third-order valence-electron chi connectivity index (χ3n) is 2.25. The second kappa shape index (κ2) is 5.27. The van der Waals surface area contributed by atoms with Gasteiger partial charge in [0.2, 0.25) is 0 Å². The Hall–Kier alpha value is -0.750. The molecule has 1 aromatic carbocycles. The largest absolute Gasteiger partial charge is 0.416 e. The summed E-state index contributed by atoms with van der Waals surface area (Å²) in [5.41, 5.74) is -1.01. The molecule has 1 rings (SSSR count). The minimum Gasteiger partial charge on any atom is -0.392 e. The van der Waals surface area contributed by atoms with Crippen LogP contribution in [0.4, 0.5) is 17.6 Å². The molecule has 6 heteroatoms. The van der Waals surface area contributed by atoms with Crippen LogP contribution in [0.25, 0.3) is 0 Å². The minimum atomic E-state index is -4.54. The first-order valence-electron chi connectivity index (χ1n) is 4.93. The summed E-state index contributed by atoms with van der Waals surface area (Å²) < 4.78 is 50.2. The molecular formula is C11H12F4OS. The second-order valence-corrected chi connectivity index (χ2v) is 5.13. The molecule has 0 aliphatic heterocycles.